The Morgan fingerprint density at radius 2 is 2.06 bits per heavy atom. The van der Waals surface area contributed by atoms with E-state index in [4.69, 9.17) is 10.5 Å². The molecular formula is C14H24N2OS. The first-order chi connectivity index (χ1) is 8.57. The summed E-state index contributed by atoms with van der Waals surface area (Å²) in [5.74, 6) is 0. The molecule has 0 aromatic carbocycles. The zero-order valence-corrected chi connectivity index (χ0v) is 12.5. The lowest BCUT2D eigenvalue weighted by Crippen LogP contribution is -2.49. The number of nitrogens with two attached hydrogens (primary N) is 1. The fourth-order valence-electron chi connectivity index (χ4n) is 2.88. The van der Waals surface area contributed by atoms with Crippen LogP contribution in [-0.2, 0) is 11.2 Å². The molecule has 1 aromatic rings. The van der Waals surface area contributed by atoms with Gasteiger partial charge in [0, 0.05) is 23.9 Å². The summed E-state index contributed by atoms with van der Waals surface area (Å²) < 4.78 is 6.01. The number of thiazole rings is 1. The van der Waals surface area contributed by atoms with Crippen molar-refractivity contribution < 1.29 is 4.74 Å². The van der Waals surface area contributed by atoms with Gasteiger partial charge in [0.15, 0.2) is 0 Å². The second-order valence-electron chi connectivity index (χ2n) is 5.26. The van der Waals surface area contributed by atoms with Gasteiger partial charge in [-0.05, 0) is 33.6 Å². The van der Waals surface area contributed by atoms with Crippen molar-refractivity contribution in [2.45, 2.75) is 64.5 Å². The average Bonchev–Trinajstić information content (AvgIpc) is 2.89. The van der Waals surface area contributed by atoms with E-state index in [1.807, 2.05) is 0 Å². The van der Waals surface area contributed by atoms with Gasteiger partial charge >= 0.3 is 0 Å². The van der Waals surface area contributed by atoms with Gasteiger partial charge in [-0.25, -0.2) is 4.98 Å². The van der Waals surface area contributed by atoms with Gasteiger partial charge in [0.2, 0.25) is 0 Å². The molecule has 1 aliphatic carbocycles. The molecule has 0 radical (unpaired) electrons. The molecule has 1 saturated carbocycles. The van der Waals surface area contributed by atoms with Crippen molar-refractivity contribution in [3.8, 4) is 0 Å². The number of nitrogens with zero attached hydrogens (tertiary/aromatic N) is 1. The van der Waals surface area contributed by atoms with Crippen LogP contribution in [0, 0.1) is 13.8 Å². The van der Waals surface area contributed by atoms with E-state index in [2.05, 4.69) is 25.8 Å². The van der Waals surface area contributed by atoms with Crippen LogP contribution < -0.4 is 5.73 Å². The smallest absolute Gasteiger partial charge is 0.0947 e. The van der Waals surface area contributed by atoms with Crippen LogP contribution in [0.25, 0.3) is 0 Å². The van der Waals surface area contributed by atoms with E-state index in [1.165, 1.54) is 17.7 Å². The fourth-order valence-corrected chi connectivity index (χ4v) is 3.88. The summed E-state index contributed by atoms with van der Waals surface area (Å²) in [5.41, 5.74) is 7.48. The van der Waals surface area contributed by atoms with Crippen LogP contribution >= 0.6 is 11.3 Å². The Hall–Kier alpha value is -0.450. The predicted octanol–water partition coefficient (Wildman–Crippen LogP) is 2.98. The van der Waals surface area contributed by atoms with Crippen LogP contribution in [0.5, 0.6) is 0 Å². The molecule has 18 heavy (non-hydrogen) atoms. The van der Waals surface area contributed by atoms with Crippen LogP contribution in [-0.4, -0.2) is 23.2 Å². The van der Waals surface area contributed by atoms with Crippen LogP contribution in [0.4, 0.5) is 0 Å². The molecule has 1 aromatic heterocycles. The highest BCUT2D eigenvalue weighted by molar-refractivity contribution is 7.11. The summed E-state index contributed by atoms with van der Waals surface area (Å²) in [7, 11) is 0. The maximum atomic E-state index is 6.43. The van der Waals surface area contributed by atoms with Gasteiger partial charge in [-0.15, -0.1) is 11.3 Å². The molecule has 3 nitrogen and oxygen atoms in total. The molecule has 1 aliphatic rings. The molecule has 2 N–H and O–H groups in total. The lowest BCUT2D eigenvalue weighted by atomic mass is 9.90. The quantitative estimate of drug-likeness (QED) is 0.893. The third-order valence-electron chi connectivity index (χ3n) is 4.02. The minimum Gasteiger partial charge on any atom is -0.374 e. The lowest BCUT2D eigenvalue weighted by molar-refractivity contribution is -0.0525. The molecule has 102 valence electrons. The Kier molecular flexibility index (Phi) is 4.41. The normalized spacial score (nSPS) is 20.2. The maximum absolute atomic E-state index is 6.43. The number of aryl methyl sites for hydroxylation is 2. The molecular weight excluding hydrogens is 244 g/mol. The number of ether oxygens (including phenoxy) is 1. The van der Waals surface area contributed by atoms with E-state index in [9.17, 15) is 0 Å². The van der Waals surface area contributed by atoms with Crippen molar-refractivity contribution >= 4 is 11.3 Å². The highest BCUT2D eigenvalue weighted by Crippen LogP contribution is 2.36. The third-order valence-corrected chi connectivity index (χ3v) is 5.12. The first-order valence-electron chi connectivity index (χ1n) is 6.90. The predicted molar refractivity (Wildman–Crippen MR) is 76.1 cm³/mol. The molecule has 2 rings (SSSR count). The zero-order chi connectivity index (χ0) is 13.2. The van der Waals surface area contributed by atoms with Crippen molar-refractivity contribution in [3.63, 3.8) is 0 Å². The molecule has 0 spiro atoms. The third kappa shape index (κ3) is 2.76. The van der Waals surface area contributed by atoms with E-state index >= 15 is 0 Å². The molecule has 1 unspecified atom stereocenters. The van der Waals surface area contributed by atoms with Crippen molar-refractivity contribution in [1.82, 2.24) is 4.98 Å². The largest absolute Gasteiger partial charge is 0.374 e. The minimum atomic E-state index is -0.0950. The standard InChI is InChI=1S/C14H24N2OS/c1-4-17-14(7-5-6-8-14)12(15)9-13-16-10(2)11(3)18-13/h12H,4-9,15H2,1-3H3. The molecule has 4 heteroatoms. The van der Waals surface area contributed by atoms with Crippen LogP contribution in [0.2, 0.25) is 0 Å². The summed E-state index contributed by atoms with van der Waals surface area (Å²) >= 11 is 1.77. The molecule has 1 heterocycles. The maximum Gasteiger partial charge on any atom is 0.0947 e. The van der Waals surface area contributed by atoms with Crippen LogP contribution in [0.1, 0.15) is 48.2 Å². The van der Waals surface area contributed by atoms with E-state index in [1.54, 1.807) is 11.3 Å². The monoisotopic (exact) mass is 268 g/mol. The fraction of sp³-hybridized carbons (Fsp3) is 0.786. The summed E-state index contributed by atoms with van der Waals surface area (Å²) in [6.45, 7) is 7.00. The Labute approximate surface area is 114 Å². The van der Waals surface area contributed by atoms with E-state index in [0.29, 0.717) is 0 Å². The number of hydrogen-bond acceptors (Lipinski definition) is 4. The first kappa shape index (κ1) is 14.0. The average molecular weight is 268 g/mol. The Morgan fingerprint density at radius 3 is 2.56 bits per heavy atom. The zero-order valence-electron chi connectivity index (χ0n) is 11.7. The van der Waals surface area contributed by atoms with Crippen molar-refractivity contribution in [2.75, 3.05) is 6.61 Å². The van der Waals surface area contributed by atoms with Crippen molar-refractivity contribution in [3.05, 3.63) is 15.6 Å². The van der Waals surface area contributed by atoms with Gasteiger partial charge in [0.1, 0.15) is 0 Å². The van der Waals surface area contributed by atoms with Gasteiger partial charge in [-0.1, -0.05) is 12.8 Å². The summed E-state index contributed by atoms with van der Waals surface area (Å²) in [6, 6.07) is 0.0740. The SMILES string of the molecule is CCOC1(C(N)Cc2nc(C)c(C)s2)CCCC1. The van der Waals surface area contributed by atoms with Gasteiger partial charge in [-0.3, -0.25) is 0 Å². The van der Waals surface area contributed by atoms with E-state index in [0.717, 1.165) is 36.6 Å². The Balaban J connectivity index is 2.07. The highest BCUT2D eigenvalue weighted by Gasteiger charge is 2.40. The summed E-state index contributed by atoms with van der Waals surface area (Å²) in [6.07, 6.45) is 5.53. The van der Waals surface area contributed by atoms with E-state index in [-0.39, 0.29) is 11.6 Å². The second-order valence-corrected chi connectivity index (χ2v) is 6.55. The van der Waals surface area contributed by atoms with Crippen LogP contribution in [0.3, 0.4) is 0 Å². The minimum absolute atomic E-state index is 0.0740. The van der Waals surface area contributed by atoms with Gasteiger partial charge in [-0.2, -0.15) is 0 Å². The summed E-state index contributed by atoms with van der Waals surface area (Å²) in [4.78, 5) is 5.90. The highest BCUT2D eigenvalue weighted by atomic mass is 32.1. The lowest BCUT2D eigenvalue weighted by Gasteiger charge is -2.34. The molecule has 0 amide bonds. The number of aromatic nitrogens is 1. The topological polar surface area (TPSA) is 48.1 Å². The molecule has 0 saturated heterocycles. The first-order valence-corrected chi connectivity index (χ1v) is 7.71. The van der Waals surface area contributed by atoms with Crippen molar-refractivity contribution in [2.24, 2.45) is 5.73 Å². The number of hydrogen-bond donors (Lipinski definition) is 1. The van der Waals surface area contributed by atoms with Gasteiger partial charge in [0.25, 0.3) is 0 Å². The van der Waals surface area contributed by atoms with Gasteiger partial charge in [0.05, 0.1) is 16.3 Å². The molecule has 1 fully saturated rings. The molecule has 1 atom stereocenters. The summed E-state index contributed by atoms with van der Waals surface area (Å²) in [5, 5.41) is 1.16. The Morgan fingerprint density at radius 1 is 1.39 bits per heavy atom. The van der Waals surface area contributed by atoms with E-state index < -0.39 is 0 Å². The Bertz CT molecular complexity index is 377. The van der Waals surface area contributed by atoms with Crippen molar-refractivity contribution in [1.29, 1.82) is 0 Å². The molecule has 0 bridgehead atoms. The molecule has 0 aliphatic heterocycles. The number of rotatable bonds is 5. The van der Waals surface area contributed by atoms with Crippen LogP contribution in [0.15, 0.2) is 0 Å². The second kappa shape index (κ2) is 5.68. The van der Waals surface area contributed by atoms with Gasteiger partial charge < -0.3 is 10.5 Å².